The Labute approximate surface area is 268 Å². The molecule has 0 aliphatic carbocycles. The monoisotopic (exact) mass is 648 g/mol. The zero-order valence-electron chi connectivity index (χ0n) is 25.8. The third kappa shape index (κ3) is 17.9. The van der Waals surface area contributed by atoms with Crippen LogP contribution >= 0.6 is 0 Å². The van der Waals surface area contributed by atoms with E-state index in [0.717, 1.165) is 35.4 Å². The van der Waals surface area contributed by atoms with E-state index in [9.17, 15) is 39.6 Å². The van der Waals surface area contributed by atoms with Crippen LogP contribution in [0, 0.1) is 0 Å². The minimum absolute atomic E-state index is 0.00898. The van der Waals surface area contributed by atoms with Crippen molar-refractivity contribution in [3.63, 3.8) is 0 Å². The first-order valence-electron chi connectivity index (χ1n) is 14.3. The third-order valence-electron chi connectivity index (χ3n) is 6.05. The van der Waals surface area contributed by atoms with E-state index in [0.29, 0.717) is 0 Å². The number of aliphatic hydroxyl groups excluding tert-OH is 4. The minimum atomic E-state index is -1.09. The van der Waals surface area contributed by atoms with Crippen molar-refractivity contribution in [1.82, 2.24) is 9.80 Å². The van der Waals surface area contributed by atoms with Gasteiger partial charge in [0.1, 0.15) is 50.8 Å². The average Bonchev–Trinajstić information content (AvgIpc) is 3.04. The second-order valence-corrected chi connectivity index (χ2v) is 10.2. The van der Waals surface area contributed by atoms with E-state index in [1.165, 1.54) is 0 Å². The molecule has 0 aromatic heterocycles. The summed E-state index contributed by atoms with van der Waals surface area (Å²) < 4.78 is 19.6. The van der Waals surface area contributed by atoms with E-state index in [1.54, 1.807) is 34.1 Å². The minimum Gasteiger partial charge on any atom is -0.460 e. The Balaban J connectivity index is 2.99. The summed E-state index contributed by atoms with van der Waals surface area (Å²) in [6, 6.07) is 7.22. The van der Waals surface area contributed by atoms with Gasteiger partial charge in [-0.25, -0.2) is 19.2 Å². The van der Waals surface area contributed by atoms with Crippen molar-refractivity contribution >= 4 is 23.9 Å². The van der Waals surface area contributed by atoms with Gasteiger partial charge in [-0.1, -0.05) is 50.6 Å². The van der Waals surface area contributed by atoms with Crippen LogP contribution in [-0.2, 0) is 51.2 Å². The number of esters is 4. The zero-order chi connectivity index (χ0) is 34.5. The molecule has 1 rings (SSSR count). The van der Waals surface area contributed by atoms with Crippen LogP contribution in [0.5, 0.6) is 0 Å². The molecule has 46 heavy (non-hydrogen) atoms. The van der Waals surface area contributed by atoms with Crippen molar-refractivity contribution in [3.05, 3.63) is 86.0 Å². The number of benzene rings is 1. The van der Waals surface area contributed by atoms with E-state index in [1.807, 2.05) is 0 Å². The zero-order valence-corrected chi connectivity index (χ0v) is 25.8. The molecule has 1 aromatic carbocycles. The van der Waals surface area contributed by atoms with Crippen molar-refractivity contribution in [2.75, 3.05) is 52.6 Å². The number of aliphatic hydroxyl groups is 4. The number of carbonyl (C=O) groups excluding carboxylic acids is 4. The number of nitrogens with zero attached hydrogens (tertiary/aromatic N) is 2. The Morgan fingerprint density at radius 2 is 0.739 bits per heavy atom. The highest BCUT2D eigenvalue weighted by Crippen LogP contribution is 2.13. The van der Waals surface area contributed by atoms with Crippen LogP contribution < -0.4 is 0 Å². The molecule has 1 aromatic rings. The Kier molecular flexibility index (Phi) is 19.4. The molecule has 14 heteroatoms. The van der Waals surface area contributed by atoms with Gasteiger partial charge >= 0.3 is 23.9 Å². The summed E-state index contributed by atoms with van der Waals surface area (Å²) in [5, 5.41) is 41.7. The summed E-state index contributed by atoms with van der Waals surface area (Å²) in [6.45, 7) is 12.6. The summed E-state index contributed by atoms with van der Waals surface area (Å²) in [7, 11) is 0. The highest BCUT2D eigenvalue weighted by molar-refractivity contribution is 5.82. The first kappa shape index (κ1) is 39.8. The molecule has 0 radical (unpaired) electrons. The Hall–Kier alpha value is -4.18. The number of ether oxygens (including phenoxy) is 4. The normalized spacial score (nSPS) is 13.5. The SMILES string of the molecule is C=CC(=O)OCC(O)CN(Cc1ccc(CN(CC(O)COC(=O)C=C)CC(O)COC(=O)C=C)cc1)CC(O)COC(=O)C=C. The van der Waals surface area contributed by atoms with Gasteiger partial charge in [-0.3, -0.25) is 9.80 Å². The molecular formula is C32H44N2O12. The third-order valence-corrected chi connectivity index (χ3v) is 6.05. The second-order valence-electron chi connectivity index (χ2n) is 10.2. The maximum atomic E-state index is 11.4. The molecular weight excluding hydrogens is 604 g/mol. The molecule has 4 unspecified atom stereocenters. The molecule has 0 aliphatic heterocycles. The van der Waals surface area contributed by atoms with E-state index >= 15 is 0 Å². The fourth-order valence-corrected chi connectivity index (χ4v) is 4.03. The van der Waals surface area contributed by atoms with Crippen molar-refractivity contribution in [1.29, 1.82) is 0 Å². The molecule has 0 fully saturated rings. The molecule has 0 saturated carbocycles. The summed E-state index contributed by atoms with van der Waals surface area (Å²) in [5.41, 5.74) is 1.57. The maximum Gasteiger partial charge on any atom is 0.330 e. The van der Waals surface area contributed by atoms with Gasteiger partial charge in [-0.2, -0.15) is 0 Å². The molecule has 0 bridgehead atoms. The highest BCUT2D eigenvalue weighted by atomic mass is 16.6. The Morgan fingerprint density at radius 1 is 0.522 bits per heavy atom. The number of carbonyl (C=O) groups is 4. The fraction of sp³-hybridized carbons (Fsp3) is 0.438. The molecule has 0 aliphatic rings. The lowest BCUT2D eigenvalue weighted by atomic mass is 10.1. The van der Waals surface area contributed by atoms with Crippen molar-refractivity contribution in [2.24, 2.45) is 0 Å². The van der Waals surface area contributed by atoms with Crippen LogP contribution in [0.2, 0.25) is 0 Å². The summed E-state index contributed by atoms with van der Waals surface area (Å²) >= 11 is 0. The van der Waals surface area contributed by atoms with Gasteiger partial charge in [-0.15, -0.1) is 0 Å². The van der Waals surface area contributed by atoms with Gasteiger partial charge in [0, 0.05) is 63.6 Å². The van der Waals surface area contributed by atoms with Gasteiger partial charge in [0.05, 0.1) is 0 Å². The molecule has 0 heterocycles. The molecule has 254 valence electrons. The standard InChI is InChI=1S/C32H44N2O12/c1-5-29(39)43-19-25(35)15-33(16-26(36)20-44-30(40)6-2)13-23-9-11-24(12-10-23)14-34(17-27(37)21-45-31(41)7-3)18-28(38)22-46-32(42)8-4/h5-12,25-28,35-38H,1-4,13-22H2. The van der Waals surface area contributed by atoms with Crippen LogP contribution in [0.1, 0.15) is 11.1 Å². The number of hydrogen-bond acceptors (Lipinski definition) is 14. The second kappa shape index (κ2) is 22.3. The molecule has 0 saturated heterocycles. The molecule has 14 nitrogen and oxygen atoms in total. The summed E-state index contributed by atoms with van der Waals surface area (Å²) in [6.07, 6.45) is -0.460. The molecule has 0 amide bonds. The van der Waals surface area contributed by atoms with Gasteiger partial charge in [0.25, 0.3) is 0 Å². The van der Waals surface area contributed by atoms with E-state index in [4.69, 9.17) is 18.9 Å². The van der Waals surface area contributed by atoms with Gasteiger partial charge in [0.15, 0.2) is 0 Å². The first-order chi connectivity index (χ1) is 21.9. The van der Waals surface area contributed by atoms with E-state index in [2.05, 4.69) is 26.3 Å². The summed E-state index contributed by atoms with van der Waals surface area (Å²) in [4.78, 5) is 48.9. The molecule has 4 atom stereocenters. The lowest BCUT2D eigenvalue weighted by Gasteiger charge is -2.28. The van der Waals surface area contributed by atoms with Crippen molar-refractivity contribution < 1.29 is 58.6 Å². The fourth-order valence-electron chi connectivity index (χ4n) is 4.03. The molecule has 4 N–H and O–H groups in total. The maximum absolute atomic E-state index is 11.4. The van der Waals surface area contributed by atoms with Crippen molar-refractivity contribution in [2.45, 2.75) is 37.5 Å². The largest absolute Gasteiger partial charge is 0.460 e. The van der Waals surface area contributed by atoms with Crippen molar-refractivity contribution in [3.8, 4) is 0 Å². The topological polar surface area (TPSA) is 193 Å². The van der Waals surface area contributed by atoms with Gasteiger partial charge in [0.2, 0.25) is 0 Å². The number of rotatable bonds is 24. The Bertz CT molecular complexity index is 1000. The van der Waals surface area contributed by atoms with Crippen LogP contribution in [0.3, 0.4) is 0 Å². The van der Waals surface area contributed by atoms with Crippen LogP contribution in [0.15, 0.2) is 74.9 Å². The highest BCUT2D eigenvalue weighted by Gasteiger charge is 2.20. The average molecular weight is 649 g/mol. The van der Waals surface area contributed by atoms with E-state index in [-0.39, 0.29) is 65.7 Å². The number of hydrogen-bond donors (Lipinski definition) is 4. The summed E-state index contributed by atoms with van der Waals surface area (Å²) in [5.74, 6) is -2.77. The Morgan fingerprint density at radius 3 is 0.935 bits per heavy atom. The predicted molar refractivity (Wildman–Crippen MR) is 166 cm³/mol. The van der Waals surface area contributed by atoms with Crippen LogP contribution in [-0.4, -0.2) is 131 Å². The van der Waals surface area contributed by atoms with Gasteiger partial charge < -0.3 is 39.4 Å². The van der Waals surface area contributed by atoms with Crippen LogP contribution in [0.25, 0.3) is 0 Å². The lowest BCUT2D eigenvalue weighted by molar-refractivity contribution is -0.142. The molecule has 0 spiro atoms. The quantitative estimate of drug-likeness (QED) is 0.0646. The smallest absolute Gasteiger partial charge is 0.330 e. The first-order valence-corrected chi connectivity index (χ1v) is 14.3. The lowest BCUT2D eigenvalue weighted by Crippen LogP contribution is -2.41. The van der Waals surface area contributed by atoms with E-state index < -0.39 is 48.3 Å². The van der Waals surface area contributed by atoms with Gasteiger partial charge in [-0.05, 0) is 11.1 Å². The van der Waals surface area contributed by atoms with Crippen LogP contribution in [0.4, 0.5) is 0 Å². The predicted octanol–water partition coefficient (Wildman–Crippen LogP) is -0.349.